The molecule has 1 unspecified atom stereocenters. The van der Waals surface area contributed by atoms with E-state index in [1.807, 2.05) is 6.20 Å². The van der Waals surface area contributed by atoms with Gasteiger partial charge in [0, 0.05) is 6.20 Å². The van der Waals surface area contributed by atoms with E-state index in [1.54, 1.807) is 0 Å². The summed E-state index contributed by atoms with van der Waals surface area (Å²) < 4.78 is 0. The highest BCUT2D eigenvalue weighted by Gasteiger charge is 2.24. The molecule has 0 radical (unpaired) electrons. The fraction of sp³-hybridized carbons (Fsp3) is 0.667. The van der Waals surface area contributed by atoms with Crippen LogP contribution in [0.25, 0.3) is 0 Å². The van der Waals surface area contributed by atoms with Crippen molar-refractivity contribution in [2.24, 2.45) is 5.92 Å². The lowest BCUT2D eigenvalue weighted by atomic mass is 9.97. The smallest absolute Gasteiger partial charge is 0.0605 e. The van der Waals surface area contributed by atoms with Crippen molar-refractivity contribution < 1.29 is 0 Å². The van der Waals surface area contributed by atoms with Gasteiger partial charge in [0.2, 0.25) is 0 Å². The summed E-state index contributed by atoms with van der Waals surface area (Å²) >= 11 is 0. The molecule has 3 rings (SSSR count). The van der Waals surface area contributed by atoms with Gasteiger partial charge in [-0.25, -0.2) is 0 Å². The maximum atomic E-state index is 4.55. The number of piperidine rings is 1. The van der Waals surface area contributed by atoms with E-state index >= 15 is 0 Å². The third-order valence-electron chi connectivity index (χ3n) is 4.45. The fourth-order valence-electron chi connectivity index (χ4n) is 3.19. The van der Waals surface area contributed by atoms with Crippen molar-refractivity contribution in [3.8, 4) is 0 Å². The summed E-state index contributed by atoms with van der Waals surface area (Å²) in [7, 11) is 2.22. The third-order valence-corrected chi connectivity index (χ3v) is 4.45. The number of nitrogens with zero attached hydrogens (tertiary/aromatic N) is 2. The number of rotatable bonds is 3. The average Bonchev–Trinajstić information content (AvgIpc) is 2.82. The molecule has 1 atom stereocenters. The Hall–Kier alpha value is -0.930. The molecule has 0 aromatic carbocycles. The van der Waals surface area contributed by atoms with Gasteiger partial charge in [0.25, 0.3) is 0 Å². The second-order valence-corrected chi connectivity index (χ2v) is 5.79. The zero-order chi connectivity index (χ0) is 12.4. The Bertz CT molecular complexity index is 396. The molecule has 18 heavy (non-hydrogen) atoms. The Morgan fingerprint density at radius 2 is 2.17 bits per heavy atom. The predicted octanol–water partition coefficient (Wildman–Crippen LogP) is 2.00. The van der Waals surface area contributed by atoms with Crippen LogP contribution in [-0.2, 0) is 6.42 Å². The monoisotopic (exact) mass is 245 g/mol. The molecule has 1 N–H and O–H groups in total. The summed E-state index contributed by atoms with van der Waals surface area (Å²) in [6.07, 6.45) is 7.01. The van der Waals surface area contributed by atoms with Crippen molar-refractivity contribution in [2.75, 3.05) is 26.7 Å². The molecule has 1 aromatic heterocycles. The molecular formula is C15H23N3. The van der Waals surface area contributed by atoms with Crippen LogP contribution in [0.15, 0.2) is 18.3 Å². The van der Waals surface area contributed by atoms with Gasteiger partial charge in [0.15, 0.2) is 0 Å². The molecule has 1 fully saturated rings. The SMILES string of the molecule is CN1CCC(CNC2CCc3cccnc32)CC1. The van der Waals surface area contributed by atoms with E-state index in [4.69, 9.17) is 0 Å². The van der Waals surface area contributed by atoms with Gasteiger partial charge in [-0.15, -0.1) is 0 Å². The number of pyridine rings is 1. The maximum absolute atomic E-state index is 4.55. The van der Waals surface area contributed by atoms with Crippen LogP contribution in [0, 0.1) is 5.92 Å². The van der Waals surface area contributed by atoms with Gasteiger partial charge >= 0.3 is 0 Å². The first-order valence-corrected chi connectivity index (χ1v) is 7.18. The maximum Gasteiger partial charge on any atom is 0.0605 e. The van der Waals surface area contributed by atoms with E-state index < -0.39 is 0 Å². The fourth-order valence-corrected chi connectivity index (χ4v) is 3.19. The number of hydrogen-bond acceptors (Lipinski definition) is 3. The molecule has 2 heterocycles. The Kier molecular flexibility index (Phi) is 3.62. The molecule has 0 spiro atoms. The molecule has 98 valence electrons. The Balaban J connectivity index is 1.53. The van der Waals surface area contributed by atoms with Crippen molar-refractivity contribution >= 4 is 0 Å². The number of aryl methyl sites for hydroxylation is 1. The van der Waals surface area contributed by atoms with Crippen LogP contribution < -0.4 is 5.32 Å². The molecule has 1 saturated heterocycles. The first kappa shape index (κ1) is 12.1. The lowest BCUT2D eigenvalue weighted by Crippen LogP contribution is -2.35. The van der Waals surface area contributed by atoms with Crippen LogP contribution in [0.3, 0.4) is 0 Å². The van der Waals surface area contributed by atoms with Gasteiger partial charge in [-0.05, 0) is 69.9 Å². The second-order valence-electron chi connectivity index (χ2n) is 5.79. The van der Waals surface area contributed by atoms with Crippen molar-refractivity contribution in [2.45, 2.75) is 31.7 Å². The minimum absolute atomic E-state index is 0.501. The average molecular weight is 245 g/mol. The molecule has 3 heteroatoms. The van der Waals surface area contributed by atoms with E-state index in [2.05, 4.69) is 34.4 Å². The molecule has 0 amide bonds. The topological polar surface area (TPSA) is 28.2 Å². The molecular weight excluding hydrogens is 222 g/mol. The molecule has 0 saturated carbocycles. The standard InChI is InChI=1S/C15H23N3/c1-18-9-6-12(7-10-18)11-17-14-5-4-13-3-2-8-16-15(13)14/h2-3,8,12,14,17H,4-7,9-11H2,1H3. The Labute approximate surface area is 110 Å². The van der Waals surface area contributed by atoms with Gasteiger partial charge in [0.05, 0.1) is 11.7 Å². The lowest BCUT2D eigenvalue weighted by molar-refractivity contribution is 0.212. The Morgan fingerprint density at radius 3 is 3.00 bits per heavy atom. The molecule has 3 nitrogen and oxygen atoms in total. The van der Waals surface area contributed by atoms with Crippen LogP contribution in [0.5, 0.6) is 0 Å². The number of aromatic nitrogens is 1. The van der Waals surface area contributed by atoms with Crippen LogP contribution in [-0.4, -0.2) is 36.6 Å². The first-order valence-electron chi connectivity index (χ1n) is 7.18. The summed E-state index contributed by atoms with van der Waals surface area (Å²) in [4.78, 5) is 6.98. The van der Waals surface area contributed by atoms with Crippen molar-refractivity contribution in [1.29, 1.82) is 0 Å². The summed E-state index contributed by atoms with van der Waals surface area (Å²) in [5, 5.41) is 3.74. The van der Waals surface area contributed by atoms with Gasteiger partial charge in [-0.1, -0.05) is 6.07 Å². The number of fused-ring (bicyclic) bond motifs is 1. The molecule has 0 bridgehead atoms. The van der Waals surface area contributed by atoms with E-state index in [0.717, 1.165) is 12.5 Å². The molecule has 1 aliphatic carbocycles. The summed E-state index contributed by atoms with van der Waals surface area (Å²) in [6.45, 7) is 3.67. The molecule has 2 aliphatic rings. The van der Waals surface area contributed by atoms with Gasteiger partial charge in [-0.3, -0.25) is 4.98 Å². The zero-order valence-electron chi connectivity index (χ0n) is 11.2. The highest BCUT2D eigenvalue weighted by molar-refractivity contribution is 5.27. The minimum Gasteiger partial charge on any atom is -0.308 e. The highest BCUT2D eigenvalue weighted by atomic mass is 15.1. The summed E-state index contributed by atoms with van der Waals surface area (Å²) in [5.41, 5.74) is 2.74. The Morgan fingerprint density at radius 1 is 1.33 bits per heavy atom. The summed E-state index contributed by atoms with van der Waals surface area (Å²) in [5.74, 6) is 0.856. The first-order chi connectivity index (χ1) is 8.83. The second kappa shape index (κ2) is 5.37. The predicted molar refractivity (Wildman–Crippen MR) is 73.5 cm³/mol. The van der Waals surface area contributed by atoms with Crippen molar-refractivity contribution in [1.82, 2.24) is 15.2 Å². The number of likely N-dealkylation sites (tertiary alicyclic amines) is 1. The van der Waals surface area contributed by atoms with E-state index in [-0.39, 0.29) is 0 Å². The number of nitrogens with one attached hydrogen (secondary N) is 1. The van der Waals surface area contributed by atoms with E-state index in [0.29, 0.717) is 6.04 Å². The normalized spacial score (nSPS) is 25.3. The molecule has 1 aromatic rings. The third kappa shape index (κ3) is 2.57. The largest absolute Gasteiger partial charge is 0.308 e. The van der Waals surface area contributed by atoms with Crippen LogP contribution in [0.4, 0.5) is 0 Å². The lowest BCUT2D eigenvalue weighted by Gasteiger charge is -2.29. The van der Waals surface area contributed by atoms with Crippen LogP contribution in [0.2, 0.25) is 0 Å². The minimum atomic E-state index is 0.501. The van der Waals surface area contributed by atoms with Crippen molar-refractivity contribution in [3.63, 3.8) is 0 Å². The van der Waals surface area contributed by atoms with Gasteiger partial charge in [-0.2, -0.15) is 0 Å². The zero-order valence-corrected chi connectivity index (χ0v) is 11.2. The van der Waals surface area contributed by atoms with E-state index in [9.17, 15) is 0 Å². The van der Waals surface area contributed by atoms with Crippen molar-refractivity contribution in [3.05, 3.63) is 29.6 Å². The van der Waals surface area contributed by atoms with Crippen LogP contribution >= 0.6 is 0 Å². The highest BCUT2D eigenvalue weighted by Crippen LogP contribution is 2.29. The number of hydrogen-bond donors (Lipinski definition) is 1. The van der Waals surface area contributed by atoms with E-state index in [1.165, 1.54) is 50.0 Å². The van der Waals surface area contributed by atoms with Gasteiger partial charge in [0.1, 0.15) is 0 Å². The quantitative estimate of drug-likeness (QED) is 0.883. The van der Waals surface area contributed by atoms with Gasteiger partial charge < -0.3 is 10.2 Å². The summed E-state index contributed by atoms with van der Waals surface area (Å²) in [6, 6.07) is 4.78. The molecule has 1 aliphatic heterocycles. The van der Waals surface area contributed by atoms with Crippen LogP contribution in [0.1, 0.15) is 36.6 Å².